The summed E-state index contributed by atoms with van der Waals surface area (Å²) in [5.41, 5.74) is 4.15. The minimum absolute atomic E-state index is 0.155. The zero-order valence-corrected chi connectivity index (χ0v) is 19.7. The van der Waals surface area contributed by atoms with E-state index in [4.69, 9.17) is 14.2 Å². The molecule has 35 heavy (non-hydrogen) atoms. The highest BCUT2D eigenvalue weighted by molar-refractivity contribution is 5.95. The Kier molecular flexibility index (Phi) is 7.91. The summed E-state index contributed by atoms with van der Waals surface area (Å²) in [7, 11) is 3.23. The first-order valence-electron chi connectivity index (χ1n) is 11.2. The number of carbonyl (C=O) groups is 1. The number of ether oxygens (including phenoxy) is 3. The van der Waals surface area contributed by atoms with Gasteiger partial charge in [-0.05, 0) is 47.5 Å². The lowest BCUT2D eigenvalue weighted by atomic mass is 10.1. The number of pyridine rings is 2. The molecule has 1 amide bonds. The second kappa shape index (κ2) is 11.7. The molecule has 0 aliphatic carbocycles. The van der Waals surface area contributed by atoms with E-state index in [0.29, 0.717) is 42.5 Å². The Morgan fingerprint density at radius 1 is 0.886 bits per heavy atom. The van der Waals surface area contributed by atoms with Gasteiger partial charge in [-0.25, -0.2) is 4.98 Å². The number of nitrogens with one attached hydrogen (secondary N) is 1. The third-order valence-electron chi connectivity index (χ3n) is 5.41. The van der Waals surface area contributed by atoms with Gasteiger partial charge in [0.25, 0.3) is 5.91 Å². The van der Waals surface area contributed by atoms with Crippen molar-refractivity contribution in [1.82, 2.24) is 15.3 Å². The van der Waals surface area contributed by atoms with Crippen LogP contribution in [-0.2, 0) is 13.0 Å². The van der Waals surface area contributed by atoms with E-state index in [9.17, 15) is 4.79 Å². The van der Waals surface area contributed by atoms with Crippen molar-refractivity contribution < 1.29 is 19.0 Å². The van der Waals surface area contributed by atoms with Crippen molar-refractivity contribution in [1.29, 1.82) is 0 Å². The first-order chi connectivity index (χ1) is 17.2. The highest BCUT2D eigenvalue weighted by atomic mass is 16.5. The quantitative estimate of drug-likeness (QED) is 0.362. The molecule has 0 saturated heterocycles. The summed E-state index contributed by atoms with van der Waals surface area (Å²) in [6, 6.07) is 22.6. The highest BCUT2D eigenvalue weighted by Crippen LogP contribution is 2.28. The number of amides is 1. The summed E-state index contributed by atoms with van der Waals surface area (Å²) in [6.07, 6.45) is 4.13. The molecule has 2 heterocycles. The molecule has 178 valence electrons. The molecule has 0 atom stereocenters. The van der Waals surface area contributed by atoms with Crippen LogP contribution in [0.5, 0.6) is 17.4 Å². The van der Waals surface area contributed by atoms with Crippen LogP contribution in [0.2, 0.25) is 0 Å². The van der Waals surface area contributed by atoms with Crippen molar-refractivity contribution in [3.05, 3.63) is 102 Å². The lowest BCUT2D eigenvalue weighted by Gasteiger charge is -2.11. The molecule has 4 rings (SSSR count). The minimum atomic E-state index is -0.155. The normalized spacial score (nSPS) is 10.5. The van der Waals surface area contributed by atoms with Gasteiger partial charge in [-0.15, -0.1) is 0 Å². The Balaban J connectivity index is 1.38. The summed E-state index contributed by atoms with van der Waals surface area (Å²) in [6.45, 7) is 0.876. The second-order valence-corrected chi connectivity index (χ2v) is 7.77. The number of aromatic nitrogens is 2. The van der Waals surface area contributed by atoms with Crippen LogP contribution in [0.3, 0.4) is 0 Å². The third-order valence-corrected chi connectivity index (χ3v) is 5.41. The molecule has 0 spiro atoms. The molecular formula is C28H27N3O4. The van der Waals surface area contributed by atoms with Gasteiger partial charge in [-0.2, -0.15) is 0 Å². The first-order valence-corrected chi connectivity index (χ1v) is 11.2. The van der Waals surface area contributed by atoms with E-state index in [0.717, 1.165) is 22.4 Å². The maximum atomic E-state index is 12.6. The lowest BCUT2D eigenvalue weighted by molar-refractivity contribution is 0.0951. The predicted molar refractivity (Wildman–Crippen MR) is 134 cm³/mol. The van der Waals surface area contributed by atoms with Crippen LogP contribution < -0.4 is 19.5 Å². The van der Waals surface area contributed by atoms with Crippen LogP contribution in [-0.4, -0.2) is 36.7 Å². The molecule has 1 N–H and O–H groups in total. The van der Waals surface area contributed by atoms with Gasteiger partial charge in [0.15, 0.2) is 11.5 Å². The zero-order valence-electron chi connectivity index (χ0n) is 19.7. The number of methoxy groups -OCH3 is 2. The van der Waals surface area contributed by atoms with Gasteiger partial charge in [-0.3, -0.25) is 9.78 Å². The fourth-order valence-corrected chi connectivity index (χ4v) is 3.57. The van der Waals surface area contributed by atoms with Gasteiger partial charge in [0.1, 0.15) is 0 Å². The van der Waals surface area contributed by atoms with Crippen LogP contribution in [0.15, 0.2) is 85.2 Å². The minimum Gasteiger partial charge on any atom is -0.493 e. The smallest absolute Gasteiger partial charge is 0.251 e. The molecule has 0 fully saturated rings. The summed E-state index contributed by atoms with van der Waals surface area (Å²) in [4.78, 5) is 21.3. The van der Waals surface area contributed by atoms with E-state index in [1.807, 2.05) is 66.7 Å². The fraction of sp³-hybridized carbons (Fsp3) is 0.179. The van der Waals surface area contributed by atoms with Gasteiger partial charge in [-0.1, -0.05) is 30.3 Å². The van der Waals surface area contributed by atoms with Crippen molar-refractivity contribution in [3.8, 4) is 28.6 Å². The standard InChI is InChI=1S/C28H27N3O4/c1-33-25-12-11-20(16-26(25)34-2)13-15-35-27-10-4-9-24(31-27)22-7-3-8-23(17-22)28(32)30-19-21-6-5-14-29-18-21/h3-12,14,16-18H,13,15,19H2,1-2H3,(H,30,32). The maximum absolute atomic E-state index is 12.6. The lowest BCUT2D eigenvalue weighted by Crippen LogP contribution is -2.22. The molecule has 4 aromatic rings. The predicted octanol–water partition coefficient (Wildman–Crippen LogP) is 4.71. The Morgan fingerprint density at radius 3 is 2.54 bits per heavy atom. The fourth-order valence-electron chi connectivity index (χ4n) is 3.57. The Morgan fingerprint density at radius 2 is 1.74 bits per heavy atom. The van der Waals surface area contributed by atoms with Crippen LogP contribution in [0, 0.1) is 0 Å². The molecule has 0 bridgehead atoms. The van der Waals surface area contributed by atoms with E-state index in [1.54, 1.807) is 32.7 Å². The average Bonchev–Trinajstić information content (AvgIpc) is 2.92. The van der Waals surface area contributed by atoms with E-state index >= 15 is 0 Å². The SMILES string of the molecule is COc1ccc(CCOc2cccc(-c3cccc(C(=O)NCc4cccnc4)c3)n2)cc1OC. The molecule has 2 aromatic heterocycles. The Labute approximate surface area is 204 Å². The molecule has 0 aliphatic rings. The molecule has 0 aliphatic heterocycles. The van der Waals surface area contributed by atoms with Crippen molar-refractivity contribution in [3.63, 3.8) is 0 Å². The summed E-state index contributed by atoms with van der Waals surface area (Å²) in [5, 5.41) is 2.92. The van der Waals surface area contributed by atoms with Crippen molar-refractivity contribution in [2.45, 2.75) is 13.0 Å². The molecule has 0 saturated carbocycles. The maximum Gasteiger partial charge on any atom is 0.251 e. The largest absolute Gasteiger partial charge is 0.493 e. The monoisotopic (exact) mass is 469 g/mol. The van der Waals surface area contributed by atoms with Gasteiger partial charge < -0.3 is 19.5 Å². The van der Waals surface area contributed by atoms with E-state index < -0.39 is 0 Å². The second-order valence-electron chi connectivity index (χ2n) is 7.77. The van der Waals surface area contributed by atoms with Crippen LogP contribution in [0.4, 0.5) is 0 Å². The third kappa shape index (κ3) is 6.35. The van der Waals surface area contributed by atoms with Crippen LogP contribution in [0.1, 0.15) is 21.5 Å². The number of hydrogen-bond acceptors (Lipinski definition) is 6. The van der Waals surface area contributed by atoms with E-state index in [-0.39, 0.29) is 5.91 Å². The molecule has 7 heteroatoms. The van der Waals surface area contributed by atoms with E-state index in [1.165, 1.54) is 0 Å². The molecule has 7 nitrogen and oxygen atoms in total. The van der Waals surface area contributed by atoms with Crippen LogP contribution in [0.25, 0.3) is 11.3 Å². The van der Waals surface area contributed by atoms with Gasteiger partial charge in [0.05, 0.1) is 26.5 Å². The summed E-state index contributed by atoms with van der Waals surface area (Å²) < 4.78 is 16.5. The zero-order chi connectivity index (χ0) is 24.5. The average molecular weight is 470 g/mol. The molecule has 2 aromatic carbocycles. The number of carbonyl (C=O) groups excluding carboxylic acids is 1. The summed E-state index contributed by atoms with van der Waals surface area (Å²) in [5.74, 6) is 1.75. The van der Waals surface area contributed by atoms with Gasteiger partial charge >= 0.3 is 0 Å². The molecule has 0 radical (unpaired) electrons. The number of nitrogens with zero attached hydrogens (tertiary/aromatic N) is 2. The number of rotatable bonds is 10. The van der Waals surface area contributed by atoms with Crippen molar-refractivity contribution in [2.75, 3.05) is 20.8 Å². The Hall–Kier alpha value is -4.39. The first kappa shape index (κ1) is 23.8. The van der Waals surface area contributed by atoms with Crippen molar-refractivity contribution in [2.24, 2.45) is 0 Å². The Bertz CT molecular complexity index is 1280. The molecular weight excluding hydrogens is 442 g/mol. The number of benzene rings is 2. The summed E-state index contributed by atoms with van der Waals surface area (Å²) >= 11 is 0. The van der Waals surface area contributed by atoms with Crippen LogP contribution >= 0.6 is 0 Å². The van der Waals surface area contributed by atoms with Gasteiger partial charge in [0.2, 0.25) is 5.88 Å². The van der Waals surface area contributed by atoms with Crippen molar-refractivity contribution >= 4 is 5.91 Å². The number of hydrogen-bond donors (Lipinski definition) is 1. The molecule has 0 unspecified atom stereocenters. The topological polar surface area (TPSA) is 82.6 Å². The van der Waals surface area contributed by atoms with Gasteiger partial charge in [0, 0.05) is 42.6 Å². The van der Waals surface area contributed by atoms with E-state index in [2.05, 4.69) is 15.3 Å². The highest BCUT2D eigenvalue weighted by Gasteiger charge is 2.09.